The molecule has 1 aromatic carbocycles. The molecule has 0 radical (unpaired) electrons. The zero-order valence-electron chi connectivity index (χ0n) is 13.0. The van der Waals surface area contributed by atoms with Crippen LogP contribution in [0, 0.1) is 11.8 Å². The van der Waals surface area contributed by atoms with Gasteiger partial charge in [0.15, 0.2) is 0 Å². The van der Waals surface area contributed by atoms with Crippen LogP contribution >= 0.6 is 11.6 Å². The average molecular weight is 282 g/mol. The van der Waals surface area contributed by atoms with E-state index in [0.29, 0.717) is 11.8 Å². The Kier molecular flexibility index (Phi) is 6.35. The molecule has 0 aliphatic rings. The van der Waals surface area contributed by atoms with Gasteiger partial charge in [-0.3, -0.25) is 0 Å². The summed E-state index contributed by atoms with van der Waals surface area (Å²) in [6.45, 7) is 12.3. The van der Waals surface area contributed by atoms with Gasteiger partial charge in [0.05, 0.1) is 0 Å². The monoisotopic (exact) mass is 281 g/mol. The molecule has 1 nitrogen and oxygen atoms in total. The van der Waals surface area contributed by atoms with Crippen LogP contribution in [0.25, 0.3) is 0 Å². The van der Waals surface area contributed by atoms with Gasteiger partial charge in [0.1, 0.15) is 0 Å². The van der Waals surface area contributed by atoms with Crippen molar-refractivity contribution in [3.8, 4) is 0 Å². The van der Waals surface area contributed by atoms with Crippen molar-refractivity contribution in [3.05, 3.63) is 34.9 Å². The standard InChI is InChI=1S/C17H28ClN/c1-6-13(2)15(12-19-17(3,4)5)11-14-9-7-8-10-16(14)18/h7-10,13,15,19H,6,11-12H2,1-5H3. The minimum Gasteiger partial charge on any atom is -0.312 e. The molecule has 0 heterocycles. The lowest BCUT2D eigenvalue weighted by atomic mass is 9.85. The first kappa shape index (κ1) is 16.5. The highest BCUT2D eigenvalue weighted by molar-refractivity contribution is 6.31. The molecule has 0 saturated heterocycles. The SMILES string of the molecule is CCC(C)C(CNC(C)(C)C)Cc1ccccc1Cl. The van der Waals surface area contributed by atoms with E-state index >= 15 is 0 Å². The Morgan fingerprint density at radius 2 is 1.84 bits per heavy atom. The minimum atomic E-state index is 0.173. The summed E-state index contributed by atoms with van der Waals surface area (Å²) in [7, 11) is 0. The van der Waals surface area contributed by atoms with Crippen molar-refractivity contribution in [1.82, 2.24) is 5.32 Å². The molecule has 1 N–H and O–H groups in total. The summed E-state index contributed by atoms with van der Waals surface area (Å²) in [6, 6.07) is 8.21. The highest BCUT2D eigenvalue weighted by Crippen LogP contribution is 2.24. The van der Waals surface area contributed by atoms with Crippen molar-refractivity contribution in [1.29, 1.82) is 0 Å². The van der Waals surface area contributed by atoms with Crippen molar-refractivity contribution >= 4 is 11.6 Å². The molecule has 108 valence electrons. The van der Waals surface area contributed by atoms with Gasteiger partial charge in [0.2, 0.25) is 0 Å². The van der Waals surface area contributed by atoms with E-state index in [1.165, 1.54) is 12.0 Å². The zero-order chi connectivity index (χ0) is 14.5. The molecule has 2 heteroatoms. The van der Waals surface area contributed by atoms with E-state index in [1.54, 1.807) is 0 Å². The van der Waals surface area contributed by atoms with Gasteiger partial charge in [0.25, 0.3) is 0 Å². The smallest absolute Gasteiger partial charge is 0.0438 e. The number of halogens is 1. The third kappa shape index (κ3) is 5.97. The highest BCUT2D eigenvalue weighted by atomic mass is 35.5. The third-order valence-corrected chi connectivity index (χ3v) is 4.15. The molecule has 0 bridgehead atoms. The summed E-state index contributed by atoms with van der Waals surface area (Å²) < 4.78 is 0. The molecule has 0 fully saturated rings. The zero-order valence-corrected chi connectivity index (χ0v) is 13.7. The van der Waals surface area contributed by atoms with Gasteiger partial charge in [-0.1, -0.05) is 50.1 Å². The predicted molar refractivity (Wildman–Crippen MR) is 85.9 cm³/mol. The fourth-order valence-corrected chi connectivity index (χ4v) is 2.40. The van der Waals surface area contributed by atoms with E-state index in [0.717, 1.165) is 18.0 Å². The fraction of sp³-hybridized carbons (Fsp3) is 0.647. The molecule has 2 atom stereocenters. The molecule has 0 amide bonds. The molecule has 0 saturated carbocycles. The molecule has 2 unspecified atom stereocenters. The first-order valence-electron chi connectivity index (χ1n) is 7.32. The molecule has 0 aliphatic carbocycles. The summed E-state index contributed by atoms with van der Waals surface area (Å²) in [4.78, 5) is 0. The second-order valence-electron chi connectivity index (χ2n) is 6.57. The van der Waals surface area contributed by atoms with Crippen LogP contribution in [-0.4, -0.2) is 12.1 Å². The van der Waals surface area contributed by atoms with Gasteiger partial charge in [-0.2, -0.15) is 0 Å². The van der Waals surface area contributed by atoms with E-state index in [-0.39, 0.29) is 5.54 Å². The molecule has 0 aliphatic heterocycles. The molecule has 0 spiro atoms. The lowest BCUT2D eigenvalue weighted by molar-refractivity contribution is 0.292. The van der Waals surface area contributed by atoms with Gasteiger partial charge in [-0.15, -0.1) is 0 Å². The summed E-state index contributed by atoms with van der Waals surface area (Å²) in [5.74, 6) is 1.33. The Balaban J connectivity index is 2.72. The Bertz CT molecular complexity index is 381. The topological polar surface area (TPSA) is 12.0 Å². The molecular formula is C17H28ClN. The van der Waals surface area contributed by atoms with Crippen LogP contribution in [0.1, 0.15) is 46.6 Å². The van der Waals surface area contributed by atoms with Crippen molar-refractivity contribution < 1.29 is 0 Å². The summed E-state index contributed by atoms with van der Waals surface area (Å²) in [5.41, 5.74) is 1.44. The second kappa shape index (κ2) is 7.31. The van der Waals surface area contributed by atoms with E-state index in [2.05, 4.69) is 52.1 Å². The number of rotatable bonds is 6. The van der Waals surface area contributed by atoms with Crippen molar-refractivity contribution in [2.45, 2.75) is 53.0 Å². The van der Waals surface area contributed by atoms with Crippen LogP contribution in [0.5, 0.6) is 0 Å². The van der Waals surface area contributed by atoms with Crippen LogP contribution in [0.2, 0.25) is 5.02 Å². The Labute approximate surface area is 123 Å². The predicted octanol–water partition coefficient (Wildman–Crippen LogP) is 4.93. The Hall–Kier alpha value is -0.530. The van der Waals surface area contributed by atoms with Crippen molar-refractivity contribution in [2.75, 3.05) is 6.54 Å². The molecule has 0 aromatic heterocycles. The highest BCUT2D eigenvalue weighted by Gasteiger charge is 2.20. The van der Waals surface area contributed by atoms with E-state index < -0.39 is 0 Å². The molecule has 1 aromatic rings. The van der Waals surface area contributed by atoms with E-state index in [4.69, 9.17) is 11.6 Å². The van der Waals surface area contributed by atoms with Gasteiger partial charge < -0.3 is 5.32 Å². The number of hydrogen-bond donors (Lipinski definition) is 1. The normalized spacial score (nSPS) is 15.3. The van der Waals surface area contributed by atoms with Gasteiger partial charge in [-0.05, 0) is 57.2 Å². The average Bonchev–Trinajstić information content (AvgIpc) is 2.34. The van der Waals surface area contributed by atoms with Gasteiger partial charge in [0, 0.05) is 10.6 Å². The first-order chi connectivity index (χ1) is 8.83. The van der Waals surface area contributed by atoms with Crippen LogP contribution < -0.4 is 5.32 Å². The number of nitrogens with one attached hydrogen (secondary N) is 1. The van der Waals surface area contributed by atoms with E-state index in [9.17, 15) is 0 Å². The summed E-state index contributed by atoms with van der Waals surface area (Å²) in [6.07, 6.45) is 2.26. The van der Waals surface area contributed by atoms with E-state index in [1.807, 2.05) is 12.1 Å². The number of hydrogen-bond acceptors (Lipinski definition) is 1. The maximum Gasteiger partial charge on any atom is 0.0438 e. The third-order valence-electron chi connectivity index (χ3n) is 3.78. The lowest BCUT2D eigenvalue weighted by Crippen LogP contribution is -2.41. The minimum absolute atomic E-state index is 0.173. The molecular weight excluding hydrogens is 254 g/mol. The van der Waals surface area contributed by atoms with Gasteiger partial charge in [-0.25, -0.2) is 0 Å². The second-order valence-corrected chi connectivity index (χ2v) is 6.98. The van der Waals surface area contributed by atoms with Crippen LogP contribution in [0.3, 0.4) is 0 Å². The lowest BCUT2D eigenvalue weighted by Gasteiger charge is -2.29. The first-order valence-corrected chi connectivity index (χ1v) is 7.69. The largest absolute Gasteiger partial charge is 0.312 e. The maximum atomic E-state index is 6.29. The summed E-state index contributed by atoms with van der Waals surface area (Å²) in [5, 5.41) is 4.53. The molecule has 1 rings (SSSR count). The molecule has 19 heavy (non-hydrogen) atoms. The maximum absolute atomic E-state index is 6.29. The van der Waals surface area contributed by atoms with Crippen LogP contribution in [-0.2, 0) is 6.42 Å². The van der Waals surface area contributed by atoms with Crippen molar-refractivity contribution in [2.24, 2.45) is 11.8 Å². The van der Waals surface area contributed by atoms with Crippen molar-refractivity contribution in [3.63, 3.8) is 0 Å². The number of benzene rings is 1. The Morgan fingerprint density at radius 3 is 2.37 bits per heavy atom. The summed E-state index contributed by atoms with van der Waals surface area (Å²) >= 11 is 6.29. The van der Waals surface area contributed by atoms with Crippen LogP contribution in [0.15, 0.2) is 24.3 Å². The fourth-order valence-electron chi connectivity index (χ4n) is 2.19. The van der Waals surface area contributed by atoms with Crippen LogP contribution in [0.4, 0.5) is 0 Å². The van der Waals surface area contributed by atoms with Gasteiger partial charge >= 0.3 is 0 Å². The quantitative estimate of drug-likeness (QED) is 0.779. The Morgan fingerprint density at radius 1 is 1.21 bits per heavy atom.